The Bertz CT molecular complexity index is 526. The Hall–Kier alpha value is -1.62. The number of hydrogen-bond donors (Lipinski definition) is 1. The quantitative estimate of drug-likeness (QED) is 0.932. The van der Waals surface area contributed by atoms with E-state index in [1.165, 1.54) is 0 Å². The minimum atomic E-state index is 0.0650. The van der Waals surface area contributed by atoms with Crippen LogP contribution in [0.4, 0.5) is 10.5 Å². The Morgan fingerprint density at radius 1 is 1.29 bits per heavy atom. The molecule has 1 aliphatic heterocycles. The van der Waals surface area contributed by atoms with Crippen molar-refractivity contribution in [1.29, 1.82) is 0 Å². The van der Waals surface area contributed by atoms with E-state index < -0.39 is 0 Å². The zero-order chi connectivity index (χ0) is 14.8. The first-order valence-electron chi connectivity index (χ1n) is 7.31. The molecule has 0 radical (unpaired) electrons. The zero-order valence-corrected chi connectivity index (χ0v) is 12.9. The molecule has 1 saturated heterocycles. The molecule has 5 nitrogen and oxygen atoms in total. The fourth-order valence-corrected chi connectivity index (χ4v) is 2.72. The maximum absolute atomic E-state index is 12.0. The summed E-state index contributed by atoms with van der Waals surface area (Å²) in [4.78, 5) is 16.1. The molecular formula is C15H20ClN3O2. The number of methoxy groups -OCH3 is 1. The molecule has 1 aromatic rings. The average Bonchev–Trinajstić information content (AvgIpc) is 3.31. The van der Waals surface area contributed by atoms with Crippen LogP contribution in [-0.4, -0.2) is 50.3 Å². The molecule has 0 spiro atoms. The van der Waals surface area contributed by atoms with E-state index in [0.29, 0.717) is 24.2 Å². The number of urea groups is 1. The molecule has 1 saturated carbocycles. The number of benzene rings is 1. The van der Waals surface area contributed by atoms with Crippen LogP contribution in [0.1, 0.15) is 12.8 Å². The van der Waals surface area contributed by atoms with Gasteiger partial charge in [0.15, 0.2) is 0 Å². The third-order valence-corrected chi connectivity index (χ3v) is 4.19. The number of nitrogens with one attached hydrogen (secondary N) is 1. The predicted molar refractivity (Wildman–Crippen MR) is 83.3 cm³/mol. The lowest BCUT2D eigenvalue weighted by molar-refractivity contribution is 0.194. The molecule has 21 heavy (non-hydrogen) atoms. The van der Waals surface area contributed by atoms with E-state index in [-0.39, 0.29) is 6.03 Å². The van der Waals surface area contributed by atoms with Crippen molar-refractivity contribution >= 4 is 23.3 Å². The molecular weight excluding hydrogens is 290 g/mol. The topological polar surface area (TPSA) is 44.8 Å². The highest BCUT2D eigenvalue weighted by molar-refractivity contribution is 6.30. The molecule has 2 aliphatic rings. The highest BCUT2D eigenvalue weighted by atomic mass is 35.5. The number of nitrogens with zero attached hydrogens (tertiary/aromatic N) is 2. The molecule has 0 aromatic heterocycles. The first-order chi connectivity index (χ1) is 10.2. The van der Waals surface area contributed by atoms with E-state index in [1.807, 2.05) is 23.1 Å². The van der Waals surface area contributed by atoms with Crippen molar-refractivity contribution in [3.8, 4) is 5.75 Å². The van der Waals surface area contributed by atoms with Crippen LogP contribution in [0.15, 0.2) is 18.2 Å². The summed E-state index contributed by atoms with van der Waals surface area (Å²) in [6.45, 7) is 3.01. The number of carbonyl (C=O) groups is 1. The third kappa shape index (κ3) is 3.35. The van der Waals surface area contributed by atoms with E-state index >= 15 is 0 Å². The van der Waals surface area contributed by atoms with Crippen LogP contribution in [0, 0.1) is 0 Å². The summed E-state index contributed by atoms with van der Waals surface area (Å²) in [6, 6.07) is 6.09. The lowest BCUT2D eigenvalue weighted by Gasteiger charge is -2.36. The van der Waals surface area contributed by atoms with Crippen LogP contribution in [-0.2, 0) is 0 Å². The summed E-state index contributed by atoms with van der Waals surface area (Å²) in [5.74, 6) is 0.815. The molecule has 1 heterocycles. The number of rotatable bonds is 3. The summed E-state index contributed by atoms with van der Waals surface area (Å²) in [7, 11) is 1.66. The van der Waals surface area contributed by atoms with Crippen LogP contribution < -0.4 is 15.0 Å². The third-order valence-electron chi connectivity index (χ3n) is 3.95. The minimum Gasteiger partial charge on any atom is -0.495 e. The molecule has 1 N–H and O–H groups in total. The Morgan fingerprint density at radius 3 is 2.62 bits per heavy atom. The van der Waals surface area contributed by atoms with Gasteiger partial charge >= 0.3 is 6.03 Å². The van der Waals surface area contributed by atoms with Crippen LogP contribution in [0.2, 0.25) is 5.02 Å². The van der Waals surface area contributed by atoms with Gasteiger partial charge in [-0.05, 0) is 31.0 Å². The van der Waals surface area contributed by atoms with Crippen LogP contribution in [0.25, 0.3) is 0 Å². The molecule has 2 amide bonds. The van der Waals surface area contributed by atoms with Crippen molar-refractivity contribution in [2.45, 2.75) is 18.9 Å². The smallest absolute Gasteiger partial charge is 0.317 e. The number of hydrogen-bond acceptors (Lipinski definition) is 3. The average molecular weight is 310 g/mol. The maximum Gasteiger partial charge on any atom is 0.317 e. The van der Waals surface area contributed by atoms with Gasteiger partial charge in [-0.25, -0.2) is 4.79 Å². The Morgan fingerprint density at radius 2 is 2.00 bits per heavy atom. The van der Waals surface area contributed by atoms with Crippen molar-refractivity contribution in [1.82, 2.24) is 10.2 Å². The molecule has 0 unspecified atom stereocenters. The van der Waals surface area contributed by atoms with Crippen molar-refractivity contribution in [2.24, 2.45) is 0 Å². The van der Waals surface area contributed by atoms with E-state index in [0.717, 1.165) is 37.4 Å². The lowest BCUT2D eigenvalue weighted by atomic mass is 10.2. The Kier molecular flexibility index (Phi) is 4.10. The normalized spacial score (nSPS) is 18.6. The first kappa shape index (κ1) is 14.3. The SMILES string of the molecule is COc1ccc(Cl)cc1N1CCN(C(=O)NC2CC2)CC1. The minimum absolute atomic E-state index is 0.0650. The van der Waals surface area contributed by atoms with E-state index in [1.54, 1.807) is 7.11 Å². The maximum atomic E-state index is 12.0. The first-order valence-corrected chi connectivity index (χ1v) is 7.69. The lowest BCUT2D eigenvalue weighted by Crippen LogP contribution is -2.52. The van der Waals surface area contributed by atoms with Gasteiger partial charge < -0.3 is 19.9 Å². The number of piperazine rings is 1. The summed E-state index contributed by atoms with van der Waals surface area (Å²) < 4.78 is 5.40. The Balaban J connectivity index is 1.62. The summed E-state index contributed by atoms with van der Waals surface area (Å²) >= 11 is 6.08. The largest absolute Gasteiger partial charge is 0.495 e. The molecule has 114 valence electrons. The van der Waals surface area contributed by atoms with Gasteiger partial charge in [0, 0.05) is 37.2 Å². The van der Waals surface area contributed by atoms with Crippen molar-refractivity contribution in [3.05, 3.63) is 23.2 Å². The van der Waals surface area contributed by atoms with Crippen molar-refractivity contribution in [3.63, 3.8) is 0 Å². The van der Waals surface area contributed by atoms with Gasteiger partial charge in [-0.3, -0.25) is 0 Å². The fourth-order valence-electron chi connectivity index (χ4n) is 2.55. The van der Waals surface area contributed by atoms with Gasteiger partial charge in [-0.1, -0.05) is 11.6 Å². The number of ether oxygens (including phenoxy) is 1. The van der Waals surface area contributed by atoms with Gasteiger partial charge in [-0.15, -0.1) is 0 Å². The molecule has 0 atom stereocenters. The summed E-state index contributed by atoms with van der Waals surface area (Å²) in [6.07, 6.45) is 2.23. The number of anilines is 1. The van der Waals surface area contributed by atoms with Gasteiger partial charge in [-0.2, -0.15) is 0 Å². The van der Waals surface area contributed by atoms with Crippen molar-refractivity contribution in [2.75, 3.05) is 38.2 Å². The van der Waals surface area contributed by atoms with Gasteiger partial charge in [0.25, 0.3) is 0 Å². The van der Waals surface area contributed by atoms with Gasteiger partial charge in [0.2, 0.25) is 0 Å². The molecule has 0 bridgehead atoms. The Labute approximate surface area is 129 Å². The molecule has 3 rings (SSSR count). The van der Waals surface area contributed by atoms with Crippen LogP contribution in [0.3, 0.4) is 0 Å². The molecule has 2 fully saturated rings. The van der Waals surface area contributed by atoms with Crippen molar-refractivity contribution < 1.29 is 9.53 Å². The van der Waals surface area contributed by atoms with E-state index in [4.69, 9.17) is 16.3 Å². The van der Waals surface area contributed by atoms with E-state index in [9.17, 15) is 4.79 Å². The van der Waals surface area contributed by atoms with Crippen LogP contribution in [0.5, 0.6) is 5.75 Å². The zero-order valence-electron chi connectivity index (χ0n) is 12.1. The second-order valence-corrected chi connectivity index (χ2v) is 5.95. The summed E-state index contributed by atoms with van der Waals surface area (Å²) in [5.41, 5.74) is 0.993. The predicted octanol–water partition coefficient (Wildman–Crippen LogP) is 2.34. The molecule has 1 aliphatic carbocycles. The van der Waals surface area contributed by atoms with E-state index in [2.05, 4.69) is 10.2 Å². The second kappa shape index (κ2) is 6.02. The highest BCUT2D eigenvalue weighted by Crippen LogP contribution is 2.31. The second-order valence-electron chi connectivity index (χ2n) is 5.51. The molecule has 6 heteroatoms. The number of carbonyl (C=O) groups excluding carboxylic acids is 1. The van der Waals surface area contributed by atoms with Gasteiger partial charge in [0.1, 0.15) is 5.75 Å². The summed E-state index contributed by atoms with van der Waals surface area (Å²) in [5, 5.41) is 3.73. The van der Waals surface area contributed by atoms with Crippen LogP contribution >= 0.6 is 11.6 Å². The molecule has 1 aromatic carbocycles. The standard InChI is InChI=1S/C15H20ClN3O2/c1-21-14-5-2-11(16)10-13(14)18-6-8-19(9-7-18)15(20)17-12-3-4-12/h2,5,10,12H,3-4,6-9H2,1H3,(H,17,20). The number of amides is 2. The van der Waals surface area contributed by atoms with Gasteiger partial charge in [0.05, 0.1) is 12.8 Å². The monoisotopic (exact) mass is 309 g/mol. The highest BCUT2D eigenvalue weighted by Gasteiger charge is 2.28. The fraction of sp³-hybridized carbons (Fsp3) is 0.533. The number of halogens is 1.